The summed E-state index contributed by atoms with van der Waals surface area (Å²) in [5.41, 5.74) is 0.882. The Labute approximate surface area is 97.8 Å². The molecule has 0 fully saturated rings. The predicted octanol–water partition coefficient (Wildman–Crippen LogP) is 1.39. The molecule has 0 atom stereocenters. The molecule has 0 aliphatic heterocycles. The van der Waals surface area contributed by atoms with Gasteiger partial charge in [-0.1, -0.05) is 10.3 Å². The van der Waals surface area contributed by atoms with E-state index < -0.39 is 10.0 Å². The van der Waals surface area contributed by atoms with Gasteiger partial charge in [-0.15, -0.1) is 0 Å². The van der Waals surface area contributed by atoms with Crippen molar-refractivity contribution in [3.05, 3.63) is 23.2 Å². The number of hydrogen-bond donors (Lipinski definition) is 1. The quantitative estimate of drug-likeness (QED) is 0.892. The van der Waals surface area contributed by atoms with Gasteiger partial charge in [0.1, 0.15) is 5.69 Å². The minimum absolute atomic E-state index is 0.0200. The second kappa shape index (κ2) is 3.88. The highest BCUT2D eigenvalue weighted by molar-refractivity contribution is 7.92. The van der Waals surface area contributed by atoms with E-state index in [2.05, 4.69) is 15.0 Å². The van der Waals surface area contributed by atoms with Gasteiger partial charge in [-0.05, 0) is 20.8 Å². The van der Waals surface area contributed by atoms with Crippen LogP contribution >= 0.6 is 0 Å². The Morgan fingerprint density at radius 2 is 1.88 bits per heavy atom. The normalized spacial score (nSPS) is 11.7. The number of hydrogen-bond acceptors (Lipinski definition) is 6. The molecule has 0 bridgehead atoms. The van der Waals surface area contributed by atoms with Crippen LogP contribution in [0.4, 0.5) is 5.88 Å². The van der Waals surface area contributed by atoms with E-state index in [1.165, 1.54) is 13.0 Å². The van der Waals surface area contributed by atoms with Crippen molar-refractivity contribution in [1.82, 2.24) is 10.3 Å². The third-order valence-electron chi connectivity index (χ3n) is 2.10. The highest BCUT2D eigenvalue weighted by atomic mass is 32.2. The summed E-state index contributed by atoms with van der Waals surface area (Å²) in [6, 6.07) is 1.48. The minimum Gasteiger partial charge on any atom is -0.360 e. The third-order valence-corrected chi connectivity index (χ3v) is 3.69. The molecule has 0 spiro atoms. The van der Waals surface area contributed by atoms with Gasteiger partial charge >= 0.3 is 0 Å². The Hall–Kier alpha value is -1.83. The maximum absolute atomic E-state index is 12.0. The maximum Gasteiger partial charge on any atom is 0.269 e. The molecule has 2 rings (SSSR count). The average molecular weight is 257 g/mol. The summed E-state index contributed by atoms with van der Waals surface area (Å²) in [5.74, 6) is 0.286. The molecule has 0 unspecified atom stereocenters. The smallest absolute Gasteiger partial charge is 0.269 e. The second-order valence-corrected chi connectivity index (χ2v) is 5.21. The summed E-state index contributed by atoms with van der Waals surface area (Å²) in [5, 5.41) is 7.17. The summed E-state index contributed by atoms with van der Waals surface area (Å²) in [6.45, 7) is 4.77. The molecule has 2 aromatic heterocycles. The Balaban J connectivity index is 2.38. The number of aromatic nitrogens is 2. The van der Waals surface area contributed by atoms with Gasteiger partial charge in [-0.3, -0.25) is 0 Å². The molecule has 1 N–H and O–H groups in total. The zero-order chi connectivity index (χ0) is 12.6. The summed E-state index contributed by atoms with van der Waals surface area (Å²) >= 11 is 0. The Bertz CT molecular complexity index is 622. The molecule has 0 saturated heterocycles. The van der Waals surface area contributed by atoms with Gasteiger partial charge < -0.3 is 9.05 Å². The fourth-order valence-corrected chi connectivity index (χ4v) is 2.76. The predicted molar refractivity (Wildman–Crippen MR) is 58.0 cm³/mol. The van der Waals surface area contributed by atoms with E-state index in [-0.39, 0.29) is 16.5 Å². The van der Waals surface area contributed by atoms with Crippen LogP contribution in [0.1, 0.15) is 17.1 Å². The molecule has 92 valence electrons. The van der Waals surface area contributed by atoms with Crippen LogP contribution in [0.2, 0.25) is 0 Å². The number of aryl methyl sites for hydroxylation is 3. The third kappa shape index (κ3) is 2.16. The first-order valence-corrected chi connectivity index (χ1v) is 6.27. The van der Waals surface area contributed by atoms with Gasteiger partial charge in [0.05, 0.1) is 5.69 Å². The lowest BCUT2D eigenvalue weighted by Crippen LogP contribution is -2.14. The van der Waals surface area contributed by atoms with Crippen LogP contribution in [0.15, 0.2) is 20.0 Å². The van der Waals surface area contributed by atoms with Crippen molar-refractivity contribution in [3.63, 3.8) is 0 Å². The van der Waals surface area contributed by atoms with Crippen LogP contribution in [-0.4, -0.2) is 18.7 Å². The van der Waals surface area contributed by atoms with Gasteiger partial charge in [0.25, 0.3) is 10.0 Å². The molecule has 0 aliphatic rings. The zero-order valence-corrected chi connectivity index (χ0v) is 10.3. The van der Waals surface area contributed by atoms with Gasteiger partial charge in [0.15, 0.2) is 10.7 Å². The van der Waals surface area contributed by atoms with Gasteiger partial charge in [0, 0.05) is 6.07 Å². The molecular weight excluding hydrogens is 246 g/mol. The van der Waals surface area contributed by atoms with Crippen molar-refractivity contribution >= 4 is 15.9 Å². The molecule has 0 amide bonds. The Kier molecular flexibility index (Phi) is 2.66. The number of nitrogens with one attached hydrogen (secondary N) is 1. The first-order chi connectivity index (χ1) is 7.90. The van der Waals surface area contributed by atoms with Crippen LogP contribution < -0.4 is 4.72 Å². The topological polar surface area (TPSA) is 98.2 Å². The first kappa shape index (κ1) is 11.6. The molecule has 2 aromatic rings. The van der Waals surface area contributed by atoms with Crippen molar-refractivity contribution in [2.45, 2.75) is 25.7 Å². The van der Waals surface area contributed by atoms with Crippen LogP contribution in [0.3, 0.4) is 0 Å². The highest BCUT2D eigenvalue weighted by Crippen LogP contribution is 2.22. The molecule has 0 saturated carbocycles. The maximum atomic E-state index is 12.0. The minimum atomic E-state index is -3.76. The standard InChI is InChI=1S/C9H11N3O4S/c1-5-4-8(16-10-5)12-17(13,14)9-6(2)11-15-7(9)3/h4,12H,1-3H3. The van der Waals surface area contributed by atoms with E-state index in [1.54, 1.807) is 13.8 Å². The fourth-order valence-electron chi connectivity index (χ4n) is 1.45. The van der Waals surface area contributed by atoms with Crippen molar-refractivity contribution < 1.29 is 17.5 Å². The molecule has 8 heteroatoms. The molecule has 2 heterocycles. The largest absolute Gasteiger partial charge is 0.360 e. The van der Waals surface area contributed by atoms with E-state index in [1.807, 2.05) is 0 Å². The van der Waals surface area contributed by atoms with Gasteiger partial charge in [0.2, 0.25) is 5.88 Å². The Morgan fingerprint density at radius 3 is 2.35 bits per heavy atom. The zero-order valence-electron chi connectivity index (χ0n) is 9.51. The van der Waals surface area contributed by atoms with E-state index in [0.717, 1.165) is 0 Å². The highest BCUT2D eigenvalue weighted by Gasteiger charge is 2.25. The molecule has 0 radical (unpaired) electrons. The number of sulfonamides is 1. The number of nitrogens with zero attached hydrogens (tertiary/aromatic N) is 2. The van der Waals surface area contributed by atoms with Crippen LogP contribution in [0.5, 0.6) is 0 Å². The molecule has 0 aliphatic carbocycles. The van der Waals surface area contributed by atoms with Crippen molar-refractivity contribution in [2.24, 2.45) is 0 Å². The summed E-state index contributed by atoms with van der Waals surface area (Å²) in [6.07, 6.45) is 0. The second-order valence-electron chi connectivity index (χ2n) is 3.59. The van der Waals surface area contributed by atoms with E-state index in [4.69, 9.17) is 9.05 Å². The lowest BCUT2D eigenvalue weighted by atomic mass is 10.4. The number of anilines is 1. The van der Waals surface area contributed by atoms with E-state index in [0.29, 0.717) is 11.4 Å². The summed E-state index contributed by atoms with van der Waals surface area (Å²) in [7, 11) is -3.76. The molecule has 17 heavy (non-hydrogen) atoms. The van der Waals surface area contributed by atoms with Crippen molar-refractivity contribution in [2.75, 3.05) is 4.72 Å². The summed E-state index contributed by atoms with van der Waals surface area (Å²) in [4.78, 5) is 0.0200. The van der Waals surface area contributed by atoms with Crippen LogP contribution in [0, 0.1) is 20.8 Å². The lowest BCUT2D eigenvalue weighted by molar-refractivity contribution is 0.390. The van der Waals surface area contributed by atoms with E-state index >= 15 is 0 Å². The SMILES string of the molecule is Cc1cc(NS(=O)(=O)c2c(C)noc2C)on1. The van der Waals surface area contributed by atoms with Gasteiger partial charge in [-0.25, -0.2) is 13.1 Å². The molecule has 0 aromatic carbocycles. The molecular formula is C9H11N3O4S. The van der Waals surface area contributed by atoms with Gasteiger partial charge in [-0.2, -0.15) is 0 Å². The monoisotopic (exact) mass is 257 g/mol. The van der Waals surface area contributed by atoms with Crippen LogP contribution in [-0.2, 0) is 10.0 Å². The molecule has 7 nitrogen and oxygen atoms in total. The van der Waals surface area contributed by atoms with Crippen LogP contribution in [0.25, 0.3) is 0 Å². The van der Waals surface area contributed by atoms with Crippen molar-refractivity contribution in [1.29, 1.82) is 0 Å². The first-order valence-electron chi connectivity index (χ1n) is 4.79. The summed E-state index contributed by atoms with van der Waals surface area (Å²) < 4.78 is 35.9. The van der Waals surface area contributed by atoms with Crippen molar-refractivity contribution in [3.8, 4) is 0 Å². The Morgan fingerprint density at radius 1 is 1.18 bits per heavy atom. The lowest BCUT2D eigenvalue weighted by Gasteiger charge is -2.02. The fraction of sp³-hybridized carbons (Fsp3) is 0.333. The average Bonchev–Trinajstić information content (AvgIpc) is 2.73. The van der Waals surface area contributed by atoms with E-state index in [9.17, 15) is 8.42 Å². The number of rotatable bonds is 3.